The Morgan fingerprint density at radius 3 is 2.60 bits per heavy atom. The van der Waals surface area contributed by atoms with Crippen molar-refractivity contribution in [2.24, 2.45) is 5.10 Å². The highest BCUT2D eigenvalue weighted by atomic mass is 79.9. The summed E-state index contributed by atoms with van der Waals surface area (Å²) in [5, 5.41) is 6.54. The maximum Gasteiger partial charge on any atom is 0.122 e. The van der Waals surface area contributed by atoms with E-state index in [0.717, 1.165) is 35.5 Å². The molecule has 130 valence electrons. The van der Waals surface area contributed by atoms with Gasteiger partial charge in [0, 0.05) is 4.47 Å². The Morgan fingerprint density at radius 2 is 1.88 bits per heavy atom. The lowest BCUT2D eigenvalue weighted by Gasteiger charge is -2.14. The monoisotopic (exact) mass is 398 g/mol. The van der Waals surface area contributed by atoms with Gasteiger partial charge in [-0.25, -0.2) is 0 Å². The first-order chi connectivity index (χ1) is 12.1. The molecule has 0 amide bonds. The predicted molar refractivity (Wildman–Crippen MR) is 110 cm³/mol. The molecule has 0 fully saturated rings. The Labute approximate surface area is 158 Å². The van der Waals surface area contributed by atoms with Gasteiger partial charge in [-0.15, -0.1) is 0 Å². The first-order valence-electron chi connectivity index (χ1n) is 8.59. The van der Waals surface area contributed by atoms with Crippen LogP contribution in [0.15, 0.2) is 51.5 Å². The van der Waals surface area contributed by atoms with E-state index in [1.54, 1.807) is 0 Å². The van der Waals surface area contributed by atoms with Crippen LogP contribution in [0, 0.1) is 13.8 Å². The van der Waals surface area contributed by atoms with Gasteiger partial charge in [-0.05, 0) is 78.9 Å². The summed E-state index contributed by atoms with van der Waals surface area (Å²) < 4.78 is 6.89. The van der Waals surface area contributed by atoms with Crippen LogP contribution in [0.4, 0.5) is 5.69 Å². The lowest BCUT2D eigenvalue weighted by Crippen LogP contribution is -2.12. The molecule has 2 aromatic carbocycles. The van der Waals surface area contributed by atoms with Gasteiger partial charge in [0.05, 0.1) is 25.1 Å². The Kier molecular flexibility index (Phi) is 5.59. The zero-order valence-electron chi connectivity index (χ0n) is 14.9. The highest BCUT2D eigenvalue weighted by Crippen LogP contribution is 2.27. The van der Waals surface area contributed by atoms with Crippen LogP contribution < -0.4 is 9.75 Å². The highest BCUT2D eigenvalue weighted by Gasteiger charge is 2.14. The van der Waals surface area contributed by atoms with Crippen molar-refractivity contribution in [1.82, 2.24) is 0 Å². The van der Waals surface area contributed by atoms with Crippen molar-refractivity contribution in [3.05, 3.63) is 63.1 Å². The highest BCUT2D eigenvalue weighted by molar-refractivity contribution is 9.10. The number of benzene rings is 2. The molecule has 1 aliphatic rings. The molecule has 0 atom stereocenters. The van der Waals surface area contributed by atoms with Crippen molar-refractivity contribution in [3.63, 3.8) is 0 Å². The Bertz CT molecular complexity index is 809. The smallest absolute Gasteiger partial charge is 0.122 e. The van der Waals surface area contributed by atoms with Gasteiger partial charge in [0.2, 0.25) is 0 Å². The van der Waals surface area contributed by atoms with Gasteiger partial charge in [0.1, 0.15) is 5.75 Å². The Balaban J connectivity index is 1.77. The van der Waals surface area contributed by atoms with Crippen LogP contribution in [0.5, 0.6) is 5.75 Å². The summed E-state index contributed by atoms with van der Waals surface area (Å²) in [5.41, 5.74) is 5.99. The first kappa shape index (κ1) is 17.7. The van der Waals surface area contributed by atoms with Crippen LogP contribution in [0.1, 0.15) is 30.0 Å². The Hall–Kier alpha value is -2.07. The van der Waals surface area contributed by atoms with Crippen molar-refractivity contribution < 1.29 is 4.74 Å². The Morgan fingerprint density at radius 1 is 1.12 bits per heavy atom. The standard InChI is InChI=1S/C21H23BrN2O/c1-4-11-25-21-10-5-18(15(2)16(21)3)12-17-13-23-24(14-17)20-8-6-19(22)7-9-20/h5-10,12-13H,4,11,14H2,1-3H3. The molecule has 0 radical (unpaired) electrons. The van der Waals surface area contributed by atoms with E-state index in [2.05, 4.69) is 72.1 Å². The summed E-state index contributed by atoms with van der Waals surface area (Å²) in [6.07, 6.45) is 5.18. The predicted octanol–water partition coefficient (Wildman–Crippen LogP) is 5.74. The summed E-state index contributed by atoms with van der Waals surface area (Å²) in [7, 11) is 0. The van der Waals surface area contributed by atoms with Crippen LogP contribution in [0.25, 0.3) is 6.08 Å². The van der Waals surface area contributed by atoms with E-state index in [-0.39, 0.29) is 0 Å². The largest absolute Gasteiger partial charge is 0.493 e. The van der Waals surface area contributed by atoms with Crippen LogP contribution >= 0.6 is 15.9 Å². The zero-order valence-corrected chi connectivity index (χ0v) is 16.5. The van der Waals surface area contributed by atoms with E-state index >= 15 is 0 Å². The third kappa shape index (κ3) is 4.13. The van der Waals surface area contributed by atoms with E-state index in [9.17, 15) is 0 Å². The van der Waals surface area contributed by atoms with Gasteiger partial charge >= 0.3 is 0 Å². The lowest BCUT2D eigenvalue weighted by molar-refractivity contribution is 0.315. The molecule has 0 N–H and O–H groups in total. The summed E-state index contributed by atoms with van der Waals surface area (Å²) in [6, 6.07) is 12.4. The van der Waals surface area contributed by atoms with Gasteiger partial charge in [0.25, 0.3) is 0 Å². The third-order valence-corrected chi connectivity index (χ3v) is 4.93. The summed E-state index contributed by atoms with van der Waals surface area (Å²) >= 11 is 3.47. The lowest BCUT2D eigenvalue weighted by atomic mass is 10.0. The molecule has 2 aromatic rings. The summed E-state index contributed by atoms with van der Waals surface area (Å²) in [4.78, 5) is 0. The van der Waals surface area contributed by atoms with Gasteiger partial charge in [0.15, 0.2) is 0 Å². The van der Waals surface area contributed by atoms with Crippen LogP contribution in [0.2, 0.25) is 0 Å². The fourth-order valence-corrected chi connectivity index (χ4v) is 3.06. The average molecular weight is 399 g/mol. The van der Waals surface area contributed by atoms with E-state index < -0.39 is 0 Å². The van der Waals surface area contributed by atoms with E-state index in [1.165, 1.54) is 22.3 Å². The number of anilines is 1. The molecule has 25 heavy (non-hydrogen) atoms. The van der Waals surface area contributed by atoms with Gasteiger partial charge in [-0.3, -0.25) is 5.01 Å². The molecule has 0 saturated heterocycles. The SMILES string of the molecule is CCCOc1ccc(C=C2C=NN(c3ccc(Br)cc3)C2)c(C)c1C. The minimum absolute atomic E-state index is 0.759. The van der Waals surface area contributed by atoms with Crippen molar-refractivity contribution in [1.29, 1.82) is 0 Å². The second-order valence-electron chi connectivity index (χ2n) is 6.25. The van der Waals surface area contributed by atoms with Crippen LogP contribution in [-0.4, -0.2) is 19.4 Å². The molecule has 0 aliphatic carbocycles. The molecule has 3 rings (SSSR count). The molecule has 0 aromatic heterocycles. The van der Waals surface area contributed by atoms with Gasteiger partial charge in [-0.1, -0.05) is 28.9 Å². The molecule has 0 unspecified atom stereocenters. The van der Waals surface area contributed by atoms with Crippen molar-refractivity contribution in [3.8, 4) is 5.75 Å². The van der Waals surface area contributed by atoms with Crippen molar-refractivity contribution in [2.75, 3.05) is 18.2 Å². The van der Waals surface area contributed by atoms with Gasteiger partial charge < -0.3 is 4.74 Å². The average Bonchev–Trinajstić information content (AvgIpc) is 3.07. The second kappa shape index (κ2) is 7.87. The van der Waals surface area contributed by atoms with Gasteiger partial charge in [-0.2, -0.15) is 5.10 Å². The minimum atomic E-state index is 0.759. The fraction of sp³-hybridized carbons (Fsp3) is 0.286. The van der Waals surface area contributed by atoms with E-state index in [0.29, 0.717) is 0 Å². The summed E-state index contributed by atoms with van der Waals surface area (Å²) in [6.45, 7) is 7.94. The molecular formula is C21H23BrN2O. The molecular weight excluding hydrogens is 376 g/mol. The fourth-order valence-electron chi connectivity index (χ4n) is 2.79. The number of nitrogens with zero attached hydrogens (tertiary/aromatic N) is 2. The molecule has 0 bridgehead atoms. The molecule has 0 saturated carbocycles. The summed E-state index contributed by atoms with van der Waals surface area (Å²) in [5.74, 6) is 0.984. The third-order valence-electron chi connectivity index (χ3n) is 4.40. The number of ether oxygens (including phenoxy) is 1. The second-order valence-corrected chi connectivity index (χ2v) is 7.16. The number of hydrazone groups is 1. The van der Waals surface area contributed by atoms with Crippen molar-refractivity contribution >= 4 is 33.9 Å². The molecule has 1 aliphatic heterocycles. The number of halogens is 1. The minimum Gasteiger partial charge on any atom is -0.493 e. The normalized spacial score (nSPS) is 15.2. The molecule has 1 heterocycles. The number of hydrogen-bond acceptors (Lipinski definition) is 3. The number of hydrogen-bond donors (Lipinski definition) is 0. The molecule has 0 spiro atoms. The number of rotatable bonds is 5. The maximum atomic E-state index is 5.82. The zero-order chi connectivity index (χ0) is 17.8. The first-order valence-corrected chi connectivity index (χ1v) is 9.38. The van der Waals surface area contributed by atoms with E-state index in [4.69, 9.17) is 4.74 Å². The molecule has 3 nitrogen and oxygen atoms in total. The quantitative estimate of drug-likeness (QED) is 0.640. The topological polar surface area (TPSA) is 24.8 Å². The van der Waals surface area contributed by atoms with E-state index in [1.807, 2.05) is 23.4 Å². The van der Waals surface area contributed by atoms with Crippen molar-refractivity contribution in [2.45, 2.75) is 27.2 Å². The molecule has 4 heteroatoms. The maximum absolute atomic E-state index is 5.82. The van der Waals surface area contributed by atoms with Crippen LogP contribution in [-0.2, 0) is 0 Å². The van der Waals surface area contributed by atoms with Crippen LogP contribution in [0.3, 0.4) is 0 Å².